The highest BCUT2D eigenvalue weighted by Gasteiger charge is 2.57. The Bertz CT molecular complexity index is 1390. The number of halogens is 4. The normalized spacial score (nSPS) is 18.0. The number of imide groups is 1. The van der Waals surface area contributed by atoms with Gasteiger partial charge in [-0.3, -0.25) is 4.79 Å². The maximum atomic E-state index is 14.1. The van der Waals surface area contributed by atoms with Gasteiger partial charge >= 0.3 is 12.2 Å². The molecule has 1 saturated heterocycles. The second-order valence-electron chi connectivity index (χ2n) is 8.29. The zero-order valence-corrected chi connectivity index (χ0v) is 19.6. The molecule has 1 unspecified atom stereocenters. The third-order valence-corrected chi connectivity index (χ3v) is 6.59. The van der Waals surface area contributed by atoms with Gasteiger partial charge in [-0.2, -0.15) is 18.4 Å². The van der Waals surface area contributed by atoms with Crippen LogP contribution in [0.15, 0.2) is 66.7 Å². The van der Waals surface area contributed by atoms with Gasteiger partial charge in [-0.15, -0.1) is 0 Å². The van der Waals surface area contributed by atoms with Crippen LogP contribution in [-0.2, 0) is 22.9 Å². The van der Waals surface area contributed by atoms with Gasteiger partial charge in [-0.05, 0) is 53.4 Å². The van der Waals surface area contributed by atoms with Gasteiger partial charge in [0, 0.05) is 12.1 Å². The second kappa shape index (κ2) is 9.30. The summed E-state index contributed by atoms with van der Waals surface area (Å²) >= 11 is 5.92. The summed E-state index contributed by atoms with van der Waals surface area (Å²) in [5.74, 6) is -0.893. The number of anilines is 1. The molecule has 1 fully saturated rings. The molecule has 10 heteroatoms. The van der Waals surface area contributed by atoms with Crippen molar-refractivity contribution in [3.8, 4) is 6.07 Å². The van der Waals surface area contributed by atoms with Gasteiger partial charge in [0.2, 0.25) is 0 Å². The molecule has 0 aromatic heterocycles. The van der Waals surface area contributed by atoms with E-state index in [4.69, 9.17) is 11.6 Å². The lowest BCUT2D eigenvalue weighted by molar-refractivity contribution is -0.138. The van der Waals surface area contributed by atoms with Crippen LogP contribution in [0.25, 0.3) is 0 Å². The van der Waals surface area contributed by atoms with Crippen LogP contribution in [0.5, 0.6) is 0 Å². The molecule has 3 aromatic rings. The molecular formula is C26H19ClF3N3O3. The minimum atomic E-state index is -4.80. The van der Waals surface area contributed by atoms with Crippen LogP contribution in [0.3, 0.4) is 0 Å². The van der Waals surface area contributed by atoms with Crippen molar-refractivity contribution < 1.29 is 27.9 Å². The quantitative estimate of drug-likeness (QED) is 0.481. The molecule has 0 radical (unpaired) electrons. The number of nitriles is 1. The molecule has 1 aliphatic rings. The third kappa shape index (κ3) is 4.08. The van der Waals surface area contributed by atoms with Crippen molar-refractivity contribution in [1.29, 1.82) is 5.26 Å². The standard InChI is InChI=1S/C26H19ClF3N3O3/c1-32-24(36)33(23(35)25(32,15-34)19-7-9-20(27)10-8-19)21-11-6-17(22(13-21)26(28,29)30)12-16-4-2-3-5-18(16)14-31/h2-11,13,34H,12,15H2,1H3. The molecule has 184 valence electrons. The van der Waals surface area contributed by atoms with Crippen LogP contribution in [0.1, 0.15) is 27.8 Å². The lowest BCUT2D eigenvalue weighted by atomic mass is 9.89. The van der Waals surface area contributed by atoms with E-state index in [2.05, 4.69) is 0 Å². The molecule has 0 bridgehead atoms. The van der Waals surface area contributed by atoms with Crippen LogP contribution >= 0.6 is 11.6 Å². The molecule has 1 aliphatic heterocycles. The van der Waals surface area contributed by atoms with Gasteiger partial charge < -0.3 is 10.0 Å². The average Bonchev–Trinajstić information content (AvgIpc) is 3.05. The number of urea groups is 1. The second-order valence-corrected chi connectivity index (χ2v) is 8.73. The summed E-state index contributed by atoms with van der Waals surface area (Å²) in [6.07, 6.45) is -4.97. The van der Waals surface area contributed by atoms with E-state index in [1.165, 1.54) is 49.5 Å². The SMILES string of the molecule is CN1C(=O)N(c2ccc(Cc3ccccc3C#N)c(C(F)(F)F)c2)C(=O)C1(CO)c1ccc(Cl)cc1. The van der Waals surface area contributed by atoms with Crippen LogP contribution in [0, 0.1) is 11.3 Å². The molecule has 0 saturated carbocycles. The number of hydrogen-bond acceptors (Lipinski definition) is 4. The first-order valence-corrected chi connectivity index (χ1v) is 11.1. The highest BCUT2D eigenvalue weighted by Crippen LogP contribution is 2.41. The molecule has 0 aliphatic carbocycles. The van der Waals surface area contributed by atoms with E-state index in [-0.39, 0.29) is 28.8 Å². The van der Waals surface area contributed by atoms with E-state index in [9.17, 15) is 33.1 Å². The largest absolute Gasteiger partial charge is 0.416 e. The van der Waals surface area contributed by atoms with Crippen LogP contribution in [0.2, 0.25) is 5.02 Å². The van der Waals surface area contributed by atoms with Crippen LogP contribution in [0.4, 0.5) is 23.7 Å². The van der Waals surface area contributed by atoms with Crippen molar-refractivity contribution >= 4 is 29.2 Å². The predicted molar refractivity (Wildman–Crippen MR) is 126 cm³/mol. The first-order valence-electron chi connectivity index (χ1n) is 10.7. The summed E-state index contributed by atoms with van der Waals surface area (Å²) in [6, 6.07) is 16.5. The summed E-state index contributed by atoms with van der Waals surface area (Å²) in [5, 5.41) is 19.9. The van der Waals surface area contributed by atoms with Gasteiger partial charge in [0.15, 0.2) is 5.54 Å². The van der Waals surface area contributed by atoms with E-state index in [1.54, 1.807) is 18.2 Å². The highest BCUT2D eigenvalue weighted by atomic mass is 35.5. The molecule has 0 spiro atoms. The average molecular weight is 514 g/mol. The maximum absolute atomic E-state index is 14.1. The summed E-state index contributed by atoms with van der Waals surface area (Å²) in [6.45, 7) is -0.790. The Labute approximate surface area is 209 Å². The highest BCUT2D eigenvalue weighted by molar-refractivity contribution is 6.30. The number of carbonyl (C=O) groups excluding carboxylic acids is 2. The number of benzene rings is 3. The third-order valence-electron chi connectivity index (χ3n) is 6.33. The Hall–Kier alpha value is -3.87. The zero-order chi connectivity index (χ0) is 26.3. The van der Waals surface area contributed by atoms with Crippen molar-refractivity contribution in [3.05, 3.63) is 99.6 Å². The molecular weight excluding hydrogens is 495 g/mol. The molecule has 3 amide bonds. The smallest absolute Gasteiger partial charge is 0.393 e. The monoisotopic (exact) mass is 513 g/mol. The Balaban J connectivity index is 1.80. The molecule has 1 heterocycles. The number of hydrogen-bond donors (Lipinski definition) is 1. The van der Waals surface area contributed by atoms with E-state index < -0.39 is 35.8 Å². The zero-order valence-electron chi connectivity index (χ0n) is 18.9. The first kappa shape index (κ1) is 25.2. The summed E-state index contributed by atoms with van der Waals surface area (Å²) in [5.41, 5.74) is -2.35. The van der Waals surface area contributed by atoms with Crippen molar-refractivity contribution in [2.75, 3.05) is 18.6 Å². The van der Waals surface area contributed by atoms with Gasteiger partial charge in [0.25, 0.3) is 5.91 Å². The van der Waals surface area contributed by atoms with Gasteiger partial charge in [0.05, 0.1) is 29.5 Å². The van der Waals surface area contributed by atoms with Crippen molar-refractivity contribution in [2.24, 2.45) is 0 Å². The lowest BCUT2D eigenvalue weighted by Crippen LogP contribution is -2.48. The number of aliphatic hydroxyl groups is 1. The predicted octanol–water partition coefficient (Wildman–Crippen LogP) is 5.11. The Morgan fingerprint density at radius 2 is 1.69 bits per heavy atom. The fourth-order valence-electron chi connectivity index (χ4n) is 4.37. The molecule has 36 heavy (non-hydrogen) atoms. The number of likely N-dealkylation sites (N-methyl/N-ethyl adjacent to an activating group) is 1. The van der Waals surface area contributed by atoms with Crippen LogP contribution < -0.4 is 4.90 Å². The lowest BCUT2D eigenvalue weighted by Gasteiger charge is -2.31. The summed E-state index contributed by atoms with van der Waals surface area (Å²) < 4.78 is 42.2. The summed E-state index contributed by atoms with van der Waals surface area (Å²) in [7, 11) is 1.29. The van der Waals surface area contributed by atoms with Gasteiger partial charge in [0.1, 0.15) is 0 Å². The van der Waals surface area contributed by atoms with E-state index in [0.717, 1.165) is 11.0 Å². The molecule has 1 N–H and O–H groups in total. The minimum Gasteiger partial charge on any atom is -0.393 e. The van der Waals surface area contributed by atoms with Crippen molar-refractivity contribution in [3.63, 3.8) is 0 Å². The number of aliphatic hydroxyl groups excluding tert-OH is 1. The van der Waals surface area contributed by atoms with E-state index in [1.807, 2.05) is 6.07 Å². The number of carbonyl (C=O) groups is 2. The first-order chi connectivity index (χ1) is 17.0. The number of alkyl halides is 3. The molecule has 4 rings (SSSR count). The molecule has 6 nitrogen and oxygen atoms in total. The number of rotatable bonds is 5. The fraction of sp³-hybridized carbons (Fsp3) is 0.192. The van der Waals surface area contributed by atoms with E-state index in [0.29, 0.717) is 15.5 Å². The van der Waals surface area contributed by atoms with Gasteiger partial charge in [-0.25, -0.2) is 9.69 Å². The topological polar surface area (TPSA) is 84.6 Å². The van der Waals surface area contributed by atoms with E-state index >= 15 is 0 Å². The number of nitrogens with zero attached hydrogens (tertiary/aromatic N) is 3. The summed E-state index contributed by atoms with van der Waals surface area (Å²) in [4.78, 5) is 28.3. The Morgan fingerprint density at radius 1 is 1.03 bits per heavy atom. The molecule has 3 aromatic carbocycles. The Kier molecular flexibility index (Phi) is 6.52. The Morgan fingerprint density at radius 3 is 2.31 bits per heavy atom. The fourth-order valence-corrected chi connectivity index (χ4v) is 4.50. The van der Waals surface area contributed by atoms with Crippen molar-refractivity contribution in [2.45, 2.75) is 18.1 Å². The van der Waals surface area contributed by atoms with Gasteiger partial charge in [-0.1, -0.05) is 48.0 Å². The van der Waals surface area contributed by atoms with Crippen LogP contribution in [-0.4, -0.2) is 35.6 Å². The van der Waals surface area contributed by atoms with Crippen molar-refractivity contribution in [1.82, 2.24) is 4.90 Å². The maximum Gasteiger partial charge on any atom is 0.416 e. The molecule has 1 atom stereocenters. The minimum absolute atomic E-state index is 0.118. The number of amides is 3.